The van der Waals surface area contributed by atoms with Crippen LogP contribution in [0.4, 0.5) is 4.79 Å². The minimum absolute atomic E-state index is 0.484. The Bertz CT molecular complexity index is 292. The van der Waals surface area contributed by atoms with Crippen LogP contribution in [-0.2, 0) is 4.84 Å². The molecule has 0 aromatic heterocycles. The van der Waals surface area contributed by atoms with Gasteiger partial charge >= 0.3 is 6.09 Å². The summed E-state index contributed by atoms with van der Waals surface area (Å²) in [5, 5.41) is 6.51. The number of rotatable bonds is 7. The van der Waals surface area contributed by atoms with Gasteiger partial charge in [0.25, 0.3) is 0 Å². The number of carbonyl (C=O) groups is 1. The van der Waals surface area contributed by atoms with E-state index in [1.165, 1.54) is 32.1 Å². The number of amides is 1. The number of hydrogen-bond acceptors (Lipinski definition) is 5. The lowest BCUT2D eigenvalue weighted by molar-refractivity contribution is 0.152. The summed E-state index contributed by atoms with van der Waals surface area (Å²) in [4.78, 5) is 16.0. The molecule has 0 aromatic carbocycles. The van der Waals surface area contributed by atoms with E-state index in [1.807, 2.05) is 23.5 Å². The maximum absolute atomic E-state index is 11.1. The number of nitrogens with one attached hydrogen (secondary N) is 1. The Hall–Kier alpha value is -0.360. The van der Waals surface area contributed by atoms with Crippen molar-refractivity contribution in [1.29, 1.82) is 0 Å². The summed E-state index contributed by atoms with van der Waals surface area (Å²) < 4.78 is 0. The Balaban J connectivity index is 2.47. The molecule has 0 atom stereocenters. The van der Waals surface area contributed by atoms with Gasteiger partial charge in [0.1, 0.15) is 0 Å². The molecule has 0 aromatic rings. The van der Waals surface area contributed by atoms with E-state index in [2.05, 4.69) is 16.7 Å². The highest BCUT2D eigenvalue weighted by atomic mass is 32.2. The van der Waals surface area contributed by atoms with Gasteiger partial charge in [-0.3, -0.25) is 4.84 Å². The fraction of sp³-hybridized carbons (Fsp3) is 0.846. The zero-order valence-electron chi connectivity index (χ0n) is 11.8. The molecular formula is C13H24N2O2S2. The van der Waals surface area contributed by atoms with Crippen LogP contribution in [0.2, 0.25) is 0 Å². The molecule has 1 aliphatic rings. The van der Waals surface area contributed by atoms with E-state index in [9.17, 15) is 4.79 Å². The first-order valence-electron chi connectivity index (χ1n) is 6.80. The third-order valence-electron chi connectivity index (χ3n) is 3.21. The standard InChI is InChI=1S/C13H24N2O2S2/c1-14-13(16)17-15-12(10-19-9-8-18-2)11-6-4-3-5-7-11/h11H,3-10H2,1-2H3,(H,14,16). The smallest absolute Gasteiger partial charge is 0.323 e. The molecule has 1 N–H and O–H groups in total. The molecule has 1 aliphatic carbocycles. The average Bonchev–Trinajstić information content (AvgIpc) is 2.47. The second-order valence-corrected chi connectivity index (χ2v) is 6.68. The minimum Gasteiger partial charge on any atom is -0.323 e. The van der Waals surface area contributed by atoms with Crippen molar-refractivity contribution in [3.8, 4) is 0 Å². The molecular weight excluding hydrogens is 280 g/mol. The van der Waals surface area contributed by atoms with Crippen molar-refractivity contribution in [3.05, 3.63) is 0 Å². The molecule has 0 saturated heterocycles. The van der Waals surface area contributed by atoms with E-state index in [-0.39, 0.29) is 0 Å². The predicted molar refractivity (Wildman–Crippen MR) is 85.3 cm³/mol. The Morgan fingerprint density at radius 2 is 2.05 bits per heavy atom. The zero-order chi connectivity index (χ0) is 13.9. The fourth-order valence-electron chi connectivity index (χ4n) is 2.12. The van der Waals surface area contributed by atoms with Crippen LogP contribution in [0.1, 0.15) is 32.1 Å². The fourth-order valence-corrected chi connectivity index (χ4v) is 3.90. The van der Waals surface area contributed by atoms with Crippen LogP contribution in [0.3, 0.4) is 0 Å². The number of thioether (sulfide) groups is 2. The third kappa shape index (κ3) is 7.11. The van der Waals surface area contributed by atoms with Gasteiger partial charge in [0, 0.05) is 30.2 Å². The van der Waals surface area contributed by atoms with Gasteiger partial charge in [-0.1, -0.05) is 24.4 Å². The van der Waals surface area contributed by atoms with Crippen LogP contribution in [0, 0.1) is 5.92 Å². The molecule has 0 aliphatic heterocycles. The summed E-state index contributed by atoms with van der Waals surface area (Å²) in [5.41, 5.74) is 1.05. The maximum atomic E-state index is 11.1. The van der Waals surface area contributed by atoms with Crippen LogP contribution in [0.25, 0.3) is 0 Å². The summed E-state index contributed by atoms with van der Waals surface area (Å²) in [5.74, 6) is 3.65. The van der Waals surface area contributed by atoms with Crippen molar-refractivity contribution >= 4 is 35.3 Å². The van der Waals surface area contributed by atoms with Crippen molar-refractivity contribution in [3.63, 3.8) is 0 Å². The van der Waals surface area contributed by atoms with Gasteiger partial charge in [-0.2, -0.15) is 23.5 Å². The first-order valence-corrected chi connectivity index (χ1v) is 9.35. The molecule has 0 heterocycles. The van der Waals surface area contributed by atoms with E-state index in [1.54, 1.807) is 7.05 Å². The normalized spacial score (nSPS) is 17.3. The molecule has 0 spiro atoms. The van der Waals surface area contributed by atoms with E-state index < -0.39 is 6.09 Å². The molecule has 0 radical (unpaired) electrons. The molecule has 4 nitrogen and oxygen atoms in total. The monoisotopic (exact) mass is 304 g/mol. The molecule has 19 heavy (non-hydrogen) atoms. The van der Waals surface area contributed by atoms with Gasteiger partial charge in [-0.25, -0.2) is 4.79 Å². The van der Waals surface area contributed by atoms with Gasteiger partial charge in [-0.15, -0.1) is 0 Å². The van der Waals surface area contributed by atoms with Crippen LogP contribution in [0.15, 0.2) is 5.16 Å². The quantitative estimate of drug-likeness (QED) is 0.339. The zero-order valence-corrected chi connectivity index (χ0v) is 13.4. The van der Waals surface area contributed by atoms with E-state index >= 15 is 0 Å². The van der Waals surface area contributed by atoms with Crippen LogP contribution >= 0.6 is 23.5 Å². The third-order valence-corrected chi connectivity index (χ3v) is 5.07. The highest BCUT2D eigenvalue weighted by Gasteiger charge is 2.20. The van der Waals surface area contributed by atoms with Crippen LogP contribution in [0.5, 0.6) is 0 Å². The number of hydrogen-bond donors (Lipinski definition) is 1. The number of carbonyl (C=O) groups excluding carboxylic acids is 1. The van der Waals surface area contributed by atoms with Crippen molar-refractivity contribution < 1.29 is 9.63 Å². The van der Waals surface area contributed by atoms with Crippen molar-refractivity contribution in [2.45, 2.75) is 32.1 Å². The first kappa shape index (κ1) is 16.7. The molecule has 6 heteroatoms. The van der Waals surface area contributed by atoms with Crippen molar-refractivity contribution in [2.24, 2.45) is 11.1 Å². The minimum atomic E-state index is -0.484. The van der Waals surface area contributed by atoms with Gasteiger partial charge in [0.15, 0.2) is 0 Å². The van der Waals surface area contributed by atoms with E-state index in [4.69, 9.17) is 4.84 Å². The van der Waals surface area contributed by atoms with Crippen LogP contribution in [-0.4, -0.2) is 42.4 Å². The number of nitrogens with zero attached hydrogens (tertiary/aromatic N) is 1. The summed E-state index contributed by atoms with van der Waals surface area (Å²) >= 11 is 3.73. The van der Waals surface area contributed by atoms with E-state index in [0.717, 1.165) is 23.0 Å². The molecule has 110 valence electrons. The number of oxime groups is 1. The average molecular weight is 304 g/mol. The molecule has 0 bridgehead atoms. The largest absolute Gasteiger partial charge is 0.433 e. The maximum Gasteiger partial charge on any atom is 0.433 e. The molecule has 1 saturated carbocycles. The van der Waals surface area contributed by atoms with Gasteiger partial charge in [-0.05, 0) is 19.1 Å². The van der Waals surface area contributed by atoms with E-state index in [0.29, 0.717) is 5.92 Å². The summed E-state index contributed by atoms with van der Waals surface area (Å²) in [6.45, 7) is 0. The predicted octanol–water partition coefficient (Wildman–Crippen LogP) is 3.37. The molecule has 1 fully saturated rings. The van der Waals surface area contributed by atoms with Gasteiger partial charge < -0.3 is 5.32 Å². The Labute approximate surface area is 124 Å². The lowest BCUT2D eigenvalue weighted by atomic mass is 9.86. The lowest BCUT2D eigenvalue weighted by Gasteiger charge is -2.22. The molecule has 1 rings (SSSR count). The first-order chi connectivity index (χ1) is 9.27. The van der Waals surface area contributed by atoms with Crippen LogP contribution < -0.4 is 5.32 Å². The van der Waals surface area contributed by atoms with Crippen molar-refractivity contribution in [1.82, 2.24) is 5.32 Å². The SMILES string of the molecule is CNC(=O)ON=C(CSCCSC)C1CCCCC1. The topological polar surface area (TPSA) is 50.7 Å². The Morgan fingerprint density at radius 1 is 1.32 bits per heavy atom. The second-order valence-electron chi connectivity index (χ2n) is 4.59. The summed E-state index contributed by atoms with van der Waals surface area (Å²) in [6.07, 6.45) is 7.84. The summed E-state index contributed by atoms with van der Waals surface area (Å²) in [7, 11) is 1.55. The van der Waals surface area contributed by atoms with Crippen molar-refractivity contribution in [2.75, 3.05) is 30.6 Å². The Kier molecular flexibility index (Phi) is 9.16. The summed E-state index contributed by atoms with van der Waals surface area (Å²) in [6, 6.07) is 0. The molecule has 0 unspecified atom stereocenters. The second kappa shape index (κ2) is 10.4. The highest BCUT2D eigenvalue weighted by molar-refractivity contribution is 8.02. The Morgan fingerprint density at radius 3 is 2.68 bits per heavy atom. The lowest BCUT2D eigenvalue weighted by Crippen LogP contribution is -2.23. The highest BCUT2D eigenvalue weighted by Crippen LogP contribution is 2.26. The van der Waals surface area contributed by atoms with Gasteiger partial charge in [0.05, 0.1) is 5.71 Å². The van der Waals surface area contributed by atoms with Gasteiger partial charge in [0.2, 0.25) is 0 Å². The molecule has 1 amide bonds.